The quantitative estimate of drug-likeness (QED) is 0.496. The van der Waals surface area contributed by atoms with E-state index in [0.717, 1.165) is 6.61 Å². The molecule has 0 saturated carbocycles. The standard InChI is InChI=1S/C8H17O.Sn/c1-2-3-4-5-6-7-8-9;/h2-8H2,1H3;/q-1;+1. The summed E-state index contributed by atoms with van der Waals surface area (Å²) in [5, 5.41) is 0. The van der Waals surface area contributed by atoms with Crippen molar-refractivity contribution in [1.29, 1.82) is 0 Å². The predicted octanol–water partition coefficient (Wildman–Crippen LogP) is 2.45. The Bertz CT molecular complexity index is 49.2. The van der Waals surface area contributed by atoms with Gasteiger partial charge in [0.1, 0.15) is 0 Å². The van der Waals surface area contributed by atoms with Crippen LogP contribution < -0.4 is 0 Å². The van der Waals surface area contributed by atoms with E-state index in [1.165, 1.54) is 61.5 Å². The summed E-state index contributed by atoms with van der Waals surface area (Å²) in [4.78, 5) is 0. The van der Waals surface area contributed by atoms with Crippen molar-refractivity contribution in [3.05, 3.63) is 0 Å². The monoisotopic (exact) mass is 249 g/mol. The van der Waals surface area contributed by atoms with Crippen LogP contribution in [-0.2, 0) is 3.07 Å². The molecule has 0 spiro atoms. The molecular formula is C8H17OSn. The van der Waals surface area contributed by atoms with Gasteiger partial charge in [0.2, 0.25) is 0 Å². The first-order valence-corrected chi connectivity index (χ1v) is 5.37. The van der Waals surface area contributed by atoms with Crippen molar-refractivity contribution >= 4 is 22.9 Å². The third-order valence-corrected chi connectivity index (χ3v) is 2.18. The van der Waals surface area contributed by atoms with Crippen molar-refractivity contribution in [2.45, 2.75) is 45.4 Å². The minimum atomic E-state index is 0.977. The molecular weight excluding hydrogens is 231 g/mol. The molecule has 0 bridgehead atoms. The van der Waals surface area contributed by atoms with Gasteiger partial charge >= 0.3 is 78.1 Å². The topological polar surface area (TPSA) is 9.23 Å². The molecule has 59 valence electrons. The van der Waals surface area contributed by atoms with Crippen LogP contribution in [0.15, 0.2) is 0 Å². The molecule has 0 atom stereocenters. The van der Waals surface area contributed by atoms with Crippen molar-refractivity contribution < 1.29 is 3.07 Å². The first-order chi connectivity index (χ1) is 4.91. The Hall–Kier alpha value is 0.759. The molecule has 0 unspecified atom stereocenters. The summed E-state index contributed by atoms with van der Waals surface area (Å²) in [7, 11) is 0. The van der Waals surface area contributed by atoms with Crippen molar-refractivity contribution in [2.75, 3.05) is 6.61 Å². The fourth-order valence-corrected chi connectivity index (χ4v) is 1.37. The second kappa shape index (κ2) is 9.76. The van der Waals surface area contributed by atoms with Crippen LogP contribution in [0, 0.1) is 0 Å². The fourth-order valence-electron chi connectivity index (χ4n) is 0.955. The zero-order chi connectivity index (χ0) is 7.66. The number of hydrogen-bond acceptors (Lipinski definition) is 1. The molecule has 0 aromatic heterocycles. The van der Waals surface area contributed by atoms with Crippen molar-refractivity contribution in [2.24, 2.45) is 0 Å². The van der Waals surface area contributed by atoms with Gasteiger partial charge in [-0.1, -0.05) is 0 Å². The number of unbranched alkanes of at least 4 members (excludes halogenated alkanes) is 5. The molecule has 10 heavy (non-hydrogen) atoms. The van der Waals surface area contributed by atoms with E-state index in [1.54, 1.807) is 0 Å². The third-order valence-electron chi connectivity index (χ3n) is 1.60. The van der Waals surface area contributed by atoms with Crippen molar-refractivity contribution in [1.82, 2.24) is 0 Å². The second-order valence-corrected chi connectivity index (χ2v) is 3.44. The fraction of sp³-hybridized carbons (Fsp3) is 1.00. The van der Waals surface area contributed by atoms with Gasteiger partial charge in [0.05, 0.1) is 0 Å². The molecule has 0 amide bonds. The van der Waals surface area contributed by atoms with Crippen LogP contribution >= 0.6 is 0 Å². The van der Waals surface area contributed by atoms with Gasteiger partial charge in [-0.3, -0.25) is 0 Å². The van der Waals surface area contributed by atoms with Crippen LogP contribution in [0.5, 0.6) is 0 Å². The molecule has 0 aliphatic heterocycles. The summed E-state index contributed by atoms with van der Waals surface area (Å²) >= 11 is 1.21. The molecule has 3 radical (unpaired) electrons. The molecule has 0 rings (SSSR count). The Kier molecular flexibility index (Phi) is 10.5. The Morgan fingerprint density at radius 2 is 1.60 bits per heavy atom. The molecule has 0 aliphatic rings. The van der Waals surface area contributed by atoms with Crippen LogP contribution in [0.2, 0.25) is 0 Å². The zero-order valence-electron chi connectivity index (χ0n) is 6.86. The van der Waals surface area contributed by atoms with Gasteiger partial charge in [0, 0.05) is 0 Å². The van der Waals surface area contributed by atoms with E-state index < -0.39 is 0 Å². The molecule has 0 aliphatic carbocycles. The van der Waals surface area contributed by atoms with Crippen LogP contribution in [0.4, 0.5) is 0 Å². The van der Waals surface area contributed by atoms with E-state index in [-0.39, 0.29) is 0 Å². The second-order valence-electron chi connectivity index (χ2n) is 2.62. The average Bonchev–Trinajstić information content (AvgIpc) is 1.97. The summed E-state index contributed by atoms with van der Waals surface area (Å²) in [6.45, 7) is 3.23. The predicted molar refractivity (Wildman–Crippen MR) is 45.1 cm³/mol. The van der Waals surface area contributed by atoms with Crippen molar-refractivity contribution in [3.8, 4) is 0 Å². The summed E-state index contributed by atoms with van der Waals surface area (Å²) in [5.74, 6) is 0. The van der Waals surface area contributed by atoms with Crippen LogP contribution in [-0.4, -0.2) is 29.5 Å². The summed E-state index contributed by atoms with van der Waals surface area (Å²) < 4.78 is 5.04. The van der Waals surface area contributed by atoms with Gasteiger partial charge in [0.15, 0.2) is 0 Å². The average molecular weight is 248 g/mol. The molecule has 0 saturated heterocycles. The van der Waals surface area contributed by atoms with Crippen molar-refractivity contribution in [3.63, 3.8) is 0 Å². The van der Waals surface area contributed by atoms with Gasteiger partial charge in [-0.2, -0.15) is 0 Å². The van der Waals surface area contributed by atoms with E-state index in [0.29, 0.717) is 0 Å². The van der Waals surface area contributed by atoms with E-state index in [1.807, 2.05) is 0 Å². The van der Waals surface area contributed by atoms with E-state index in [2.05, 4.69) is 6.92 Å². The summed E-state index contributed by atoms with van der Waals surface area (Å²) in [6.07, 6.45) is 8.16. The van der Waals surface area contributed by atoms with Crippen LogP contribution in [0.3, 0.4) is 0 Å². The zero-order valence-corrected chi connectivity index (χ0v) is 9.71. The summed E-state index contributed by atoms with van der Waals surface area (Å²) in [5.41, 5.74) is 0. The molecule has 0 heterocycles. The Morgan fingerprint density at radius 1 is 1.00 bits per heavy atom. The van der Waals surface area contributed by atoms with Crippen LogP contribution in [0.1, 0.15) is 45.4 Å². The molecule has 0 fully saturated rings. The molecule has 0 aromatic rings. The van der Waals surface area contributed by atoms with Gasteiger partial charge in [-0.05, 0) is 0 Å². The summed E-state index contributed by atoms with van der Waals surface area (Å²) in [6, 6.07) is 0. The Labute approximate surface area is 78.2 Å². The molecule has 0 aromatic carbocycles. The van der Waals surface area contributed by atoms with Gasteiger partial charge < -0.3 is 0 Å². The van der Waals surface area contributed by atoms with Gasteiger partial charge in [-0.15, -0.1) is 0 Å². The van der Waals surface area contributed by atoms with Crippen LogP contribution in [0.25, 0.3) is 0 Å². The third kappa shape index (κ3) is 8.76. The Morgan fingerprint density at radius 3 is 2.20 bits per heavy atom. The number of hydrogen-bond donors (Lipinski definition) is 0. The normalized spacial score (nSPS) is 10.2. The minimum absolute atomic E-state index is 0.977. The Balaban J connectivity index is 2.65. The van der Waals surface area contributed by atoms with Gasteiger partial charge in [-0.25, -0.2) is 0 Å². The van der Waals surface area contributed by atoms with E-state index in [4.69, 9.17) is 3.07 Å². The molecule has 2 heteroatoms. The van der Waals surface area contributed by atoms with E-state index >= 15 is 0 Å². The van der Waals surface area contributed by atoms with Gasteiger partial charge in [0.25, 0.3) is 0 Å². The molecule has 1 nitrogen and oxygen atoms in total. The molecule has 0 N–H and O–H groups in total. The SMILES string of the molecule is CCCCCCCC[O][Sn]. The first kappa shape index (κ1) is 10.8. The first-order valence-electron chi connectivity index (χ1n) is 4.20. The van der Waals surface area contributed by atoms with E-state index in [9.17, 15) is 0 Å². The number of rotatable bonds is 7. The maximum atomic E-state index is 5.04. The maximum absolute atomic E-state index is 5.04.